The molecule has 0 aliphatic rings. The predicted molar refractivity (Wildman–Crippen MR) is 84.6 cm³/mol. The molecule has 2 heterocycles. The van der Waals surface area contributed by atoms with Gasteiger partial charge in [-0.3, -0.25) is 9.59 Å². The Kier molecular flexibility index (Phi) is 3.57. The van der Waals surface area contributed by atoms with E-state index in [1.807, 2.05) is 24.3 Å². The summed E-state index contributed by atoms with van der Waals surface area (Å²) in [4.78, 5) is 32.2. The maximum absolute atomic E-state index is 12.5. The van der Waals surface area contributed by atoms with Crippen LogP contribution in [0.1, 0.15) is 17.3 Å². The van der Waals surface area contributed by atoms with Crippen molar-refractivity contribution in [2.24, 2.45) is 0 Å². The molecule has 0 saturated carbocycles. The first-order chi connectivity index (χ1) is 11.0. The molecule has 0 radical (unpaired) electrons. The average molecular weight is 313 g/mol. The van der Waals surface area contributed by atoms with E-state index in [1.165, 1.54) is 13.3 Å². The third-order valence-electron chi connectivity index (χ3n) is 3.50. The van der Waals surface area contributed by atoms with Gasteiger partial charge in [0.15, 0.2) is 11.2 Å². The van der Waals surface area contributed by atoms with Crippen LogP contribution in [0.5, 0.6) is 5.75 Å². The summed E-state index contributed by atoms with van der Waals surface area (Å²) in [6.07, 6.45) is 1.51. The fourth-order valence-corrected chi connectivity index (χ4v) is 2.39. The van der Waals surface area contributed by atoms with Crippen LogP contribution in [0.15, 0.2) is 35.4 Å². The van der Waals surface area contributed by atoms with Gasteiger partial charge in [0.25, 0.3) is 5.56 Å². The lowest BCUT2D eigenvalue weighted by atomic mass is 10.2. The van der Waals surface area contributed by atoms with Gasteiger partial charge in [-0.05, 0) is 17.7 Å². The molecule has 3 aromatic rings. The number of benzene rings is 1. The zero-order valence-electron chi connectivity index (χ0n) is 12.7. The van der Waals surface area contributed by atoms with E-state index >= 15 is 0 Å². The molecule has 3 rings (SSSR count). The molecule has 2 N–H and O–H groups in total. The number of ether oxygens (including phenoxy) is 1. The third-order valence-corrected chi connectivity index (χ3v) is 3.50. The SMILES string of the molecule is COc1ccc(Cn2cnc3nc(N)n(C(C)=O)c(=O)c32)cc1. The molecule has 2 aromatic heterocycles. The summed E-state index contributed by atoms with van der Waals surface area (Å²) in [5.41, 5.74) is 6.54. The predicted octanol–water partition coefficient (Wildman–Crippen LogP) is 0.892. The second-order valence-corrected chi connectivity index (χ2v) is 5.02. The highest BCUT2D eigenvalue weighted by atomic mass is 16.5. The van der Waals surface area contributed by atoms with Crippen LogP contribution in [0.4, 0.5) is 5.95 Å². The smallest absolute Gasteiger partial charge is 0.288 e. The largest absolute Gasteiger partial charge is 0.497 e. The normalized spacial score (nSPS) is 10.9. The first-order valence-corrected chi connectivity index (χ1v) is 6.88. The molecule has 0 fully saturated rings. The Morgan fingerprint density at radius 1 is 1.30 bits per heavy atom. The highest BCUT2D eigenvalue weighted by Gasteiger charge is 2.16. The molecule has 118 valence electrons. The van der Waals surface area contributed by atoms with Gasteiger partial charge in [-0.2, -0.15) is 4.98 Å². The van der Waals surface area contributed by atoms with E-state index in [0.29, 0.717) is 6.54 Å². The van der Waals surface area contributed by atoms with Crippen LogP contribution in [0.25, 0.3) is 11.2 Å². The molecule has 0 saturated heterocycles. The number of rotatable bonds is 3. The Morgan fingerprint density at radius 3 is 2.61 bits per heavy atom. The van der Waals surface area contributed by atoms with Crippen molar-refractivity contribution in [1.29, 1.82) is 0 Å². The van der Waals surface area contributed by atoms with Gasteiger partial charge in [0.05, 0.1) is 13.4 Å². The monoisotopic (exact) mass is 313 g/mol. The van der Waals surface area contributed by atoms with Gasteiger partial charge in [-0.1, -0.05) is 12.1 Å². The highest BCUT2D eigenvalue weighted by molar-refractivity contribution is 5.82. The van der Waals surface area contributed by atoms with Crippen LogP contribution in [-0.2, 0) is 6.54 Å². The van der Waals surface area contributed by atoms with Crippen molar-refractivity contribution in [3.8, 4) is 5.75 Å². The van der Waals surface area contributed by atoms with Crippen LogP contribution in [0.3, 0.4) is 0 Å². The summed E-state index contributed by atoms with van der Waals surface area (Å²) in [5.74, 6) is 0.0985. The minimum absolute atomic E-state index is 0.162. The number of hydrogen-bond donors (Lipinski definition) is 1. The molecular formula is C15H15N5O3. The van der Waals surface area contributed by atoms with E-state index in [0.717, 1.165) is 15.9 Å². The molecule has 0 bridgehead atoms. The second kappa shape index (κ2) is 5.56. The topological polar surface area (TPSA) is 105 Å². The summed E-state index contributed by atoms with van der Waals surface area (Å²) in [6.45, 7) is 1.68. The van der Waals surface area contributed by atoms with E-state index < -0.39 is 11.5 Å². The number of imidazole rings is 1. The lowest BCUT2D eigenvalue weighted by Crippen LogP contribution is -2.29. The lowest BCUT2D eigenvalue weighted by molar-refractivity contribution is 0.0934. The molecule has 0 amide bonds. The number of nitrogens with zero attached hydrogens (tertiary/aromatic N) is 4. The van der Waals surface area contributed by atoms with Crippen molar-refractivity contribution in [2.45, 2.75) is 13.5 Å². The van der Waals surface area contributed by atoms with Gasteiger partial charge < -0.3 is 15.0 Å². The van der Waals surface area contributed by atoms with Crippen LogP contribution >= 0.6 is 0 Å². The number of nitrogen functional groups attached to an aromatic ring is 1. The number of aromatic nitrogens is 4. The van der Waals surface area contributed by atoms with Gasteiger partial charge in [0.1, 0.15) is 5.75 Å². The summed E-state index contributed by atoms with van der Waals surface area (Å²) in [6, 6.07) is 7.44. The molecule has 1 aromatic carbocycles. The summed E-state index contributed by atoms with van der Waals surface area (Å²) < 4.78 is 7.60. The minimum atomic E-state index is -0.522. The number of carbonyl (C=O) groups excluding carboxylic acids is 1. The summed E-state index contributed by atoms with van der Waals surface area (Å²) >= 11 is 0. The van der Waals surface area contributed by atoms with Crippen LogP contribution in [-0.4, -0.2) is 32.1 Å². The molecule has 0 aliphatic carbocycles. The Labute approximate surface area is 131 Å². The maximum Gasteiger partial charge on any atom is 0.288 e. The fraction of sp³-hybridized carbons (Fsp3) is 0.200. The zero-order valence-corrected chi connectivity index (χ0v) is 12.7. The van der Waals surface area contributed by atoms with E-state index in [4.69, 9.17) is 10.5 Å². The third kappa shape index (κ3) is 2.54. The molecular weight excluding hydrogens is 298 g/mol. The fourth-order valence-electron chi connectivity index (χ4n) is 2.39. The van der Waals surface area contributed by atoms with E-state index in [2.05, 4.69) is 9.97 Å². The average Bonchev–Trinajstić information content (AvgIpc) is 2.90. The number of nitrogens with two attached hydrogens (primary N) is 1. The second-order valence-electron chi connectivity index (χ2n) is 5.02. The van der Waals surface area contributed by atoms with Crippen molar-refractivity contribution < 1.29 is 9.53 Å². The molecule has 0 spiro atoms. The Hall–Kier alpha value is -3.16. The summed E-state index contributed by atoms with van der Waals surface area (Å²) in [7, 11) is 1.60. The molecule has 23 heavy (non-hydrogen) atoms. The molecule has 8 heteroatoms. The standard InChI is InChI=1S/C15H15N5O3/c1-9(21)20-14(22)12-13(18-15(20)16)17-8-19(12)7-10-3-5-11(23-2)6-4-10/h3-6,8H,7H2,1-2H3,(H2,16,18). The number of fused-ring (bicyclic) bond motifs is 1. The lowest BCUT2D eigenvalue weighted by Gasteiger charge is -2.07. The van der Waals surface area contributed by atoms with Crippen LogP contribution < -0.4 is 16.0 Å². The van der Waals surface area contributed by atoms with Crippen molar-refractivity contribution in [2.75, 3.05) is 12.8 Å². The van der Waals surface area contributed by atoms with Crippen molar-refractivity contribution >= 4 is 23.0 Å². The zero-order chi connectivity index (χ0) is 16.6. The van der Waals surface area contributed by atoms with E-state index in [-0.39, 0.29) is 17.1 Å². The highest BCUT2D eigenvalue weighted by Crippen LogP contribution is 2.14. The molecule has 8 nitrogen and oxygen atoms in total. The Balaban J connectivity index is 2.09. The van der Waals surface area contributed by atoms with Crippen molar-refractivity contribution in [3.63, 3.8) is 0 Å². The first kappa shape index (κ1) is 14.8. The maximum atomic E-state index is 12.5. The number of hydrogen-bond acceptors (Lipinski definition) is 6. The summed E-state index contributed by atoms with van der Waals surface area (Å²) in [5, 5.41) is 0. The molecule has 0 unspecified atom stereocenters. The number of carbonyl (C=O) groups is 1. The Morgan fingerprint density at radius 2 is 2.00 bits per heavy atom. The van der Waals surface area contributed by atoms with Gasteiger partial charge in [-0.15, -0.1) is 0 Å². The molecule has 0 aliphatic heterocycles. The van der Waals surface area contributed by atoms with E-state index in [1.54, 1.807) is 11.7 Å². The van der Waals surface area contributed by atoms with Crippen LogP contribution in [0.2, 0.25) is 0 Å². The number of anilines is 1. The van der Waals surface area contributed by atoms with Crippen LogP contribution in [0, 0.1) is 0 Å². The van der Waals surface area contributed by atoms with Gasteiger partial charge in [0.2, 0.25) is 11.9 Å². The quantitative estimate of drug-likeness (QED) is 0.770. The number of methoxy groups -OCH3 is 1. The van der Waals surface area contributed by atoms with Crippen molar-refractivity contribution in [1.82, 2.24) is 19.1 Å². The molecule has 0 atom stereocenters. The first-order valence-electron chi connectivity index (χ1n) is 6.88. The van der Waals surface area contributed by atoms with Gasteiger partial charge in [-0.25, -0.2) is 9.55 Å². The van der Waals surface area contributed by atoms with Crippen molar-refractivity contribution in [3.05, 3.63) is 46.5 Å². The van der Waals surface area contributed by atoms with Gasteiger partial charge >= 0.3 is 0 Å². The Bertz CT molecular complexity index is 940. The minimum Gasteiger partial charge on any atom is -0.497 e. The van der Waals surface area contributed by atoms with Gasteiger partial charge in [0, 0.05) is 13.5 Å². The van der Waals surface area contributed by atoms with E-state index in [9.17, 15) is 9.59 Å².